The highest BCUT2D eigenvalue weighted by Crippen LogP contribution is 2.45. The fourth-order valence-electron chi connectivity index (χ4n) is 1.50. The molecule has 0 aromatic heterocycles. The Kier molecular flexibility index (Phi) is 3.59. The molecule has 0 aliphatic rings. The van der Waals surface area contributed by atoms with Gasteiger partial charge < -0.3 is 0 Å². The molecule has 0 nitrogen and oxygen atoms in total. The van der Waals surface area contributed by atoms with Crippen LogP contribution in [0.3, 0.4) is 0 Å². The third-order valence-electron chi connectivity index (χ3n) is 2.82. The minimum absolute atomic E-state index is 0.149. The maximum atomic E-state index is 4.19. The third kappa shape index (κ3) is 3.15. The zero-order chi connectivity index (χ0) is 12.6. The molecule has 0 fully saturated rings. The van der Waals surface area contributed by atoms with Crippen LogP contribution in [0.4, 0.5) is 0 Å². The largest absolute Gasteiger partial charge is 0.223 e. The highest BCUT2D eigenvalue weighted by atomic mass is 32.3. The summed E-state index contributed by atoms with van der Waals surface area (Å²) >= 11 is 0. The van der Waals surface area contributed by atoms with Gasteiger partial charge in [-0.3, -0.25) is 0 Å². The molecule has 90 valence electrons. The van der Waals surface area contributed by atoms with Crippen LogP contribution >= 0.6 is 10.0 Å². The van der Waals surface area contributed by atoms with Gasteiger partial charge in [0.15, 0.2) is 0 Å². The fraction of sp³-hybridized carbons (Fsp3) is 0.467. The van der Waals surface area contributed by atoms with Crippen molar-refractivity contribution in [1.82, 2.24) is 0 Å². The standard InChI is InChI=1S/C15H24S/c1-12(15(2,3)4)13-8-10-14(11-9-13)16(5,6)7/h8-11H,1H2,2-7H3. The number of hydrogen-bond donors (Lipinski definition) is 0. The highest BCUT2D eigenvalue weighted by Gasteiger charge is 2.16. The summed E-state index contributed by atoms with van der Waals surface area (Å²) < 4.78 is 0. The molecule has 0 aliphatic carbocycles. The van der Waals surface area contributed by atoms with Crippen LogP contribution in [-0.4, -0.2) is 18.8 Å². The maximum absolute atomic E-state index is 4.19. The maximum Gasteiger partial charge on any atom is -0.0106 e. The summed E-state index contributed by atoms with van der Waals surface area (Å²) in [5, 5.41) is 0. The van der Waals surface area contributed by atoms with Gasteiger partial charge in [-0.05, 0) is 52.3 Å². The Morgan fingerprint density at radius 1 is 1.00 bits per heavy atom. The molecule has 1 aromatic rings. The molecule has 0 saturated heterocycles. The SMILES string of the molecule is C=C(c1ccc(S(C)(C)C)cc1)C(C)(C)C. The molecule has 0 unspecified atom stereocenters. The van der Waals surface area contributed by atoms with Gasteiger partial charge in [0.2, 0.25) is 0 Å². The lowest BCUT2D eigenvalue weighted by molar-refractivity contribution is 0.568. The molecule has 1 rings (SSSR count). The lowest BCUT2D eigenvalue weighted by atomic mass is 9.83. The van der Waals surface area contributed by atoms with Crippen LogP contribution in [0.2, 0.25) is 0 Å². The lowest BCUT2D eigenvalue weighted by Crippen LogP contribution is -2.07. The first-order valence-electron chi connectivity index (χ1n) is 5.60. The summed E-state index contributed by atoms with van der Waals surface area (Å²) in [4.78, 5) is 1.46. The number of hydrogen-bond acceptors (Lipinski definition) is 0. The molecule has 1 aromatic carbocycles. The molecule has 0 amide bonds. The Bertz CT molecular complexity index is 371. The minimum atomic E-state index is -0.610. The van der Waals surface area contributed by atoms with Gasteiger partial charge in [-0.1, -0.05) is 39.5 Å². The van der Waals surface area contributed by atoms with Gasteiger partial charge in [0.1, 0.15) is 0 Å². The van der Waals surface area contributed by atoms with E-state index in [4.69, 9.17) is 0 Å². The van der Waals surface area contributed by atoms with Crippen LogP contribution in [-0.2, 0) is 0 Å². The van der Waals surface area contributed by atoms with Gasteiger partial charge in [0, 0.05) is 0 Å². The topological polar surface area (TPSA) is 0 Å². The Labute approximate surface area is 102 Å². The van der Waals surface area contributed by atoms with Gasteiger partial charge in [0.25, 0.3) is 0 Å². The Balaban J connectivity index is 3.01. The van der Waals surface area contributed by atoms with E-state index in [9.17, 15) is 0 Å². The highest BCUT2D eigenvalue weighted by molar-refractivity contribution is 8.32. The summed E-state index contributed by atoms with van der Waals surface area (Å²) in [5.41, 5.74) is 2.62. The van der Waals surface area contributed by atoms with Crippen molar-refractivity contribution >= 4 is 15.6 Å². The van der Waals surface area contributed by atoms with Crippen molar-refractivity contribution in [2.75, 3.05) is 18.8 Å². The first-order chi connectivity index (χ1) is 7.12. The Morgan fingerprint density at radius 3 is 1.75 bits per heavy atom. The predicted octanol–water partition coefficient (Wildman–Crippen LogP) is 4.80. The smallest absolute Gasteiger partial charge is 0.0106 e. The van der Waals surface area contributed by atoms with E-state index in [0.717, 1.165) is 0 Å². The molecule has 0 N–H and O–H groups in total. The lowest BCUT2D eigenvalue weighted by Gasteiger charge is -2.27. The molecule has 0 aliphatic heterocycles. The summed E-state index contributed by atoms with van der Waals surface area (Å²) in [6.45, 7) is 10.8. The van der Waals surface area contributed by atoms with E-state index in [2.05, 4.69) is 70.4 Å². The van der Waals surface area contributed by atoms with E-state index in [1.54, 1.807) is 0 Å². The molecule has 0 heterocycles. The zero-order valence-corrected chi connectivity index (χ0v) is 12.2. The second kappa shape index (κ2) is 4.29. The van der Waals surface area contributed by atoms with Gasteiger partial charge in [-0.15, -0.1) is 0 Å². The van der Waals surface area contributed by atoms with E-state index in [0.29, 0.717) is 0 Å². The second-order valence-electron chi connectivity index (χ2n) is 6.09. The Morgan fingerprint density at radius 2 is 1.44 bits per heavy atom. The van der Waals surface area contributed by atoms with Gasteiger partial charge in [-0.2, -0.15) is 0 Å². The van der Waals surface area contributed by atoms with Crippen LogP contribution in [0.15, 0.2) is 35.7 Å². The van der Waals surface area contributed by atoms with Crippen molar-refractivity contribution in [3.05, 3.63) is 36.4 Å². The van der Waals surface area contributed by atoms with Crippen molar-refractivity contribution < 1.29 is 0 Å². The molecule has 1 heteroatoms. The average molecular weight is 236 g/mol. The first-order valence-corrected chi connectivity index (χ1v) is 8.46. The number of allylic oxidation sites excluding steroid dienone is 1. The van der Waals surface area contributed by atoms with E-state index in [1.165, 1.54) is 16.0 Å². The number of rotatable bonds is 2. The minimum Gasteiger partial charge on any atom is -0.223 e. The molecule has 0 atom stereocenters. The zero-order valence-electron chi connectivity index (χ0n) is 11.4. The van der Waals surface area contributed by atoms with E-state index in [-0.39, 0.29) is 5.41 Å². The normalized spacial score (nSPS) is 13.6. The van der Waals surface area contributed by atoms with Crippen molar-refractivity contribution in [2.45, 2.75) is 25.7 Å². The van der Waals surface area contributed by atoms with Crippen LogP contribution in [0.25, 0.3) is 5.57 Å². The quantitative estimate of drug-likeness (QED) is 0.692. The van der Waals surface area contributed by atoms with E-state index >= 15 is 0 Å². The molecule has 0 saturated carbocycles. The van der Waals surface area contributed by atoms with Crippen LogP contribution < -0.4 is 0 Å². The van der Waals surface area contributed by atoms with Crippen LogP contribution in [0.1, 0.15) is 26.3 Å². The summed E-state index contributed by atoms with van der Waals surface area (Å²) in [5.74, 6) is 0. The molecule has 16 heavy (non-hydrogen) atoms. The van der Waals surface area contributed by atoms with Crippen LogP contribution in [0, 0.1) is 5.41 Å². The van der Waals surface area contributed by atoms with E-state index in [1.807, 2.05) is 0 Å². The van der Waals surface area contributed by atoms with Gasteiger partial charge in [-0.25, -0.2) is 10.0 Å². The summed E-state index contributed by atoms with van der Waals surface area (Å²) in [6.07, 6.45) is 6.96. The van der Waals surface area contributed by atoms with Crippen molar-refractivity contribution in [2.24, 2.45) is 5.41 Å². The predicted molar refractivity (Wildman–Crippen MR) is 78.6 cm³/mol. The van der Waals surface area contributed by atoms with Crippen molar-refractivity contribution in [3.63, 3.8) is 0 Å². The Hall–Kier alpha value is -0.690. The third-order valence-corrected chi connectivity index (χ3v) is 4.50. The monoisotopic (exact) mass is 236 g/mol. The van der Waals surface area contributed by atoms with E-state index < -0.39 is 10.0 Å². The number of benzene rings is 1. The first kappa shape index (κ1) is 13.4. The molecule has 0 spiro atoms. The van der Waals surface area contributed by atoms with Gasteiger partial charge >= 0.3 is 0 Å². The molecule has 0 radical (unpaired) electrons. The fourth-order valence-corrected chi connectivity index (χ4v) is 2.45. The second-order valence-corrected chi connectivity index (χ2v) is 10.2. The van der Waals surface area contributed by atoms with Gasteiger partial charge in [0.05, 0.1) is 0 Å². The molecular weight excluding hydrogens is 212 g/mol. The summed E-state index contributed by atoms with van der Waals surface area (Å²) in [6, 6.07) is 8.92. The summed E-state index contributed by atoms with van der Waals surface area (Å²) in [7, 11) is -0.610. The van der Waals surface area contributed by atoms with Crippen molar-refractivity contribution in [1.29, 1.82) is 0 Å². The van der Waals surface area contributed by atoms with Crippen molar-refractivity contribution in [3.8, 4) is 0 Å². The molecule has 0 bridgehead atoms. The molecular formula is C15H24S. The van der Waals surface area contributed by atoms with Crippen LogP contribution in [0.5, 0.6) is 0 Å². The average Bonchev–Trinajstić information content (AvgIpc) is 2.14.